The number of hydrogen-bond donors (Lipinski definition) is 0. The van der Waals surface area contributed by atoms with Crippen molar-refractivity contribution < 1.29 is 14.1 Å². The van der Waals surface area contributed by atoms with Crippen LogP contribution in [0.4, 0.5) is 0 Å². The third-order valence-electron chi connectivity index (χ3n) is 4.66. The Morgan fingerprint density at radius 1 is 1.36 bits per heavy atom. The number of piperazine rings is 1. The van der Waals surface area contributed by atoms with Crippen molar-refractivity contribution in [1.29, 1.82) is 0 Å². The molecule has 2 aliphatic rings. The Bertz CT molecular complexity index is 508. The van der Waals surface area contributed by atoms with Crippen molar-refractivity contribution in [3.05, 3.63) is 17.5 Å². The molecule has 122 valence electrons. The van der Waals surface area contributed by atoms with Gasteiger partial charge in [-0.25, -0.2) is 0 Å². The fraction of sp³-hybridized carbons (Fsp3) is 0.750. The normalized spacial score (nSPS) is 27.1. The summed E-state index contributed by atoms with van der Waals surface area (Å²) in [6.07, 6.45) is 2.00. The quantitative estimate of drug-likeness (QED) is 0.846. The van der Waals surface area contributed by atoms with Gasteiger partial charge in [-0.05, 0) is 26.7 Å². The summed E-state index contributed by atoms with van der Waals surface area (Å²) >= 11 is 0. The number of aromatic nitrogens is 1. The van der Waals surface area contributed by atoms with Crippen LogP contribution < -0.4 is 0 Å². The number of amides is 1. The number of rotatable bonds is 3. The third-order valence-corrected chi connectivity index (χ3v) is 4.66. The van der Waals surface area contributed by atoms with Gasteiger partial charge in [0.1, 0.15) is 0 Å². The largest absolute Gasteiger partial charge is 0.378 e. The van der Waals surface area contributed by atoms with Gasteiger partial charge in [0.25, 0.3) is 0 Å². The summed E-state index contributed by atoms with van der Waals surface area (Å²) in [5, 5.41) is 3.91. The third kappa shape index (κ3) is 3.50. The van der Waals surface area contributed by atoms with E-state index in [1.807, 2.05) is 24.8 Å². The predicted molar refractivity (Wildman–Crippen MR) is 81.2 cm³/mol. The molecule has 2 aliphatic heterocycles. The Balaban J connectivity index is 1.49. The number of ether oxygens (including phenoxy) is 1. The van der Waals surface area contributed by atoms with Crippen LogP contribution in [0, 0.1) is 12.8 Å². The number of carbonyl (C=O) groups is 1. The van der Waals surface area contributed by atoms with E-state index in [-0.39, 0.29) is 17.9 Å². The van der Waals surface area contributed by atoms with Gasteiger partial charge >= 0.3 is 0 Å². The van der Waals surface area contributed by atoms with E-state index in [0.29, 0.717) is 0 Å². The summed E-state index contributed by atoms with van der Waals surface area (Å²) in [6, 6.07) is 1.97. The van der Waals surface area contributed by atoms with E-state index in [4.69, 9.17) is 9.26 Å². The first-order valence-corrected chi connectivity index (χ1v) is 8.18. The maximum Gasteiger partial charge on any atom is 0.228 e. The fourth-order valence-corrected chi connectivity index (χ4v) is 3.32. The van der Waals surface area contributed by atoms with Crippen molar-refractivity contribution in [1.82, 2.24) is 15.0 Å². The van der Waals surface area contributed by atoms with Crippen molar-refractivity contribution in [3.63, 3.8) is 0 Å². The zero-order valence-corrected chi connectivity index (χ0v) is 13.5. The molecule has 0 saturated carbocycles. The maximum absolute atomic E-state index is 12.6. The average Bonchev–Trinajstić information content (AvgIpc) is 2.93. The zero-order chi connectivity index (χ0) is 15.5. The van der Waals surface area contributed by atoms with E-state index in [9.17, 15) is 4.79 Å². The first-order chi connectivity index (χ1) is 10.6. The summed E-state index contributed by atoms with van der Waals surface area (Å²) in [5.41, 5.74) is 0.912. The van der Waals surface area contributed by atoms with Crippen molar-refractivity contribution in [2.75, 3.05) is 32.8 Å². The van der Waals surface area contributed by atoms with Crippen LogP contribution in [0.5, 0.6) is 0 Å². The molecule has 1 aromatic rings. The van der Waals surface area contributed by atoms with Gasteiger partial charge in [-0.2, -0.15) is 0 Å². The minimum Gasteiger partial charge on any atom is -0.378 e. The van der Waals surface area contributed by atoms with Gasteiger partial charge in [0.05, 0.1) is 24.3 Å². The van der Waals surface area contributed by atoms with Gasteiger partial charge in [-0.15, -0.1) is 0 Å². The molecule has 0 bridgehead atoms. The van der Waals surface area contributed by atoms with E-state index in [1.165, 1.54) is 0 Å². The van der Waals surface area contributed by atoms with Crippen LogP contribution in [0.25, 0.3) is 0 Å². The van der Waals surface area contributed by atoms with Crippen LogP contribution in [0.1, 0.15) is 31.2 Å². The zero-order valence-electron chi connectivity index (χ0n) is 13.5. The monoisotopic (exact) mass is 307 g/mol. The topological polar surface area (TPSA) is 58.8 Å². The Morgan fingerprint density at radius 2 is 2.14 bits per heavy atom. The highest BCUT2D eigenvalue weighted by Gasteiger charge is 2.33. The predicted octanol–water partition coefficient (Wildman–Crippen LogP) is 1.44. The summed E-state index contributed by atoms with van der Waals surface area (Å²) in [4.78, 5) is 16.9. The average molecular weight is 307 g/mol. The summed E-state index contributed by atoms with van der Waals surface area (Å²) in [7, 11) is 0. The Hall–Kier alpha value is -1.40. The van der Waals surface area contributed by atoms with Crippen LogP contribution in [-0.2, 0) is 16.1 Å². The molecular weight excluding hydrogens is 282 g/mol. The lowest BCUT2D eigenvalue weighted by molar-refractivity contribution is -0.145. The number of carbonyl (C=O) groups excluding carboxylic acids is 1. The molecule has 2 fully saturated rings. The number of aryl methyl sites for hydroxylation is 1. The highest BCUT2D eigenvalue weighted by molar-refractivity contribution is 5.79. The highest BCUT2D eigenvalue weighted by atomic mass is 16.5. The lowest BCUT2D eigenvalue weighted by atomic mass is 9.93. The molecule has 0 aromatic carbocycles. The summed E-state index contributed by atoms with van der Waals surface area (Å²) in [6.45, 7) is 8.84. The molecule has 6 heteroatoms. The van der Waals surface area contributed by atoms with Crippen molar-refractivity contribution in [3.8, 4) is 0 Å². The van der Waals surface area contributed by atoms with Crippen LogP contribution in [0.2, 0.25) is 0 Å². The number of nitrogens with zero attached hydrogens (tertiary/aromatic N) is 3. The summed E-state index contributed by atoms with van der Waals surface area (Å²) in [5.74, 6) is 1.20. The lowest BCUT2D eigenvalue weighted by Gasteiger charge is -2.38. The minimum absolute atomic E-state index is 0.0391. The Morgan fingerprint density at radius 3 is 2.77 bits per heavy atom. The Labute approximate surface area is 131 Å². The lowest BCUT2D eigenvalue weighted by Crippen LogP contribution is -2.52. The van der Waals surface area contributed by atoms with Crippen molar-refractivity contribution >= 4 is 5.91 Å². The second kappa shape index (κ2) is 6.79. The SMILES string of the molecule is Cc1cc(CN2CCN(C(=O)[C@@H]3CCCO[C@H]3C)CC2)on1. The second-order valence-electron chi connectivity index (χ2n) is 6.36. The van der Waals surface area contributed by atoms with Gasteiger partial charge in [0, 0.05) is 38.9 Å². The van der Waals surface area contributed by atoms with Gasteiger partial charge in [0.15, 0.2) is 5.76 Å². The van der Waals surface area contributed by atoms with Crippen molar-refractivity contribution in [2.24, 2.45) is 5.92 Å². The van der Waals surface area contributed by atoms with Crippen molar-refractivity contribution in [2.45, 2.75) is 39.3 Å². The van der Waals surface area contributed by atoms with Gasteiger partial charge in [-0.1, -0.05) is 5.16 Å². The molecule has 22 heavy (non-hydrogen) atoms. The molecule has 6 nitrogen and oxygen atoms in total. The smallest absolute Gasteiger partial charge is 0.228 e. The minimum atomic E-state index is 0.0391. The standard InChI is InChI=1S/C16H25N3O3/c1-12-10-14(22-17-12)11-18-5-7-19(8-6-18)16(20)15-4-3-9-21-13(15)2/h10,13,15H,3-9,11H2,1-2H3/t13-,15+/m0/s1. The summed E-state index contributed by atoms with van der Waals surface area (Å²) < 4.78 is 10.9. The molecule has 0 aliphatic carbocycles. The fourth-order valence-electron chi connectivity index (χ4n) is 3.32. The van der Waals surface area contributed by atoms with Gasteiger partial charge in [0.2, 0.25) is 5.91 Å². The molecule has 2 saturated heterocycles. The first kappa shape index (κ1) is 15.5. The molecule has 1 amide bonds. The molecule has 0 N–H and O–H groups in total. The first-order valence-electron chi connectivity index (χ1n) is 8.18. The molecule has 0 spiro atoms. The van der Waals surface area contributed by atoms with Gasteiger partial charge < -0.3 is 14.2 Å². The van der Waals surface area contributed by atoms with Crippen LogP contribution in [0.15, 0.2) is 10.6 Å². The highest BCUT2D eigenvalue weighted by Crippen LogP contribution is 2.23. The molecule has 0 unspecified atom stereocenters. The maximum atomic E-state index is 12.6. The molecule has 2 atom stereocenters. The molecule has 1 aromatic heterocycles. The van der Waals surface area contributed by atoms with Crippen LogP contribution >= 0.6 is 0 Å². The molecular formula is C16H25N3O3. The number of hydrogen-bond acceptors (Lipinski definition) is 5. The second-order valence-corrected chi connectivity index (χ2v) is 6.36. The molecule has 3 heterocycles. The van der Waals surface area contributed by atoms with E-state index in [2.05, 4.69) is 10.1 Å². The van der Waals surface area contributed by atoms with Gasteiger partial charge in [-0.3, -0.25) is 9.69 Å². The molecule has 0 radical (unpaired) electrons. The van der Waals surface area contributed by atoms with E-state index in [1.54, 1.807) is 0 Å². The van der Waals surface area contributed by atoms with E-state index >= 15 is 0 Å². The van der Waals surface area contributed by atoms with Crippen LogP contribution in [-0.4, -0.2) is 59.8 Å². The Kier molecular flexibility index (Phi) is 4.78. The van der Waals surface area contributed by atoms with Crippen LogP contribution in [0.3, 0.4) is 0 Å². The van der Waals surface area contributed by atoms with E-state index in [0.717, 1.165) is 63.6 Å². The molecule has 3 rings (SSSR count). The van der Waals surface area contributed by atoms with E-state index < -0.39 is 0 Å².